The second-order valence-corrected chi connectivity index (χ2v) is 3.40. The van der Waals surface area contributed by atoms with Crippen molar-refractivity contribution in [3.8, 4) is 0 Å². The maximum Gasteiger partial charge on any atom is 0.171 e. The highest BCUT2D eigenvalue weighted by Gasteiger charge is 1.99. The van der Waals surface area contributed by atoms with Crippen LogP contribution in [0.2, 0.25) is 0 Å². The van der Waals surface area contributed by atoms with Crippen molar-refractivity contribution in [2.45, 2.75) is 6.92 Å². The molecule has 8 heavy (non-hydrogen) atoms. The molecule has 0 bridgehead atoms. The zero-order valence-corrected chi connectivity index (χ0v) is 5.61. The number of rotatable bonds is 3. The summed E-state index contributed by atoms with van der Waals surface area (Å²) in [6, 6.07) is 0. The largest absolute Gasteiger partial charge is 0.224 e. The van der Waals surface area contributed by atoms with E-state index >= 15 is 0 Å². The third-order valence-corrected chi connectivity index (χ3v) is 1.96. The van der Waals surface area contributed by atoms with Crippen LogP contribution in [-0.2, 0) is 9.84 Å². The molecule has 0 N–H and O–H groups in total. The second-order valence-electron chi connectivity index (χ2n) is 1.40. The van der Waals surface area contributed by atoms with Crippen molar-refractivity contribution in [2.75, 3.05) is 5.75 Å². The van der Waals surface area contributed by atoms with Crippen molar-refractivity contribution >= 4 is 9.84 Å². The zero-order chi connectivity index (χ0) is 6.62. The molecule has 3 heteroatoms. The minimum Gasteiger partial charge on any atom is -0.224 e. The summed E-state index contributed by atoms with van der Waals surface area (Å²) in [4.78, 5) is 0. The minimum atomic E-state index is -2.96. The lowest BCUT2D eigenvalue weighted by molar-refractivity contribution is 0.606. The fourth-order valence-electron chi connectivity index (χ4n) is 0.300. The molecule has 0 amide bonds. The van der Waals surface area contributed by atoms with E-state index in [1.165, 1.54) is 0 Å². The Morgan fingerprint density at radius 3 is 2.25 bits per heavy atom. The van der Waals surface area contributed by atoms with Gasteiger partial charge in [0.25, 0.3) is 0 Å². The van der Waals surface area contributed by atoms with E-state index in [1.54, 1.807) is 13.3 Å². The Morgan fingerprint density at radius 2 is 2.12 bits per heavy atom. The number of hydrogen-bond donors (Lipinski definition) is 0. The van der Waals surface area contributed by atoms with Gasteiger partial charge >= 0.3 is 0 Å². The normalized spacial score (nSPS) is 11.1. The van der Waals surface area contributed by atoms with E-state index in [1.807, 2.05) is 0 Å². The summed E-state index contributed by atoms with van der Waals surface area (Å²) in [5.41, 5.74) is 0. The van der Waals surface area contributed by atoms with Crippen LogP contribution < -0.4 is 0 Å². The Labute approximate surface area is 50.1 Å². The molecule has 0 aromatic rings. The molecule has 0 aliphatic heterocycles. The number of sulfone groups is 1. The van der Waals surface area contributed by atoms with Gasteiger partial charge < -0.3 is 0 Å². The van der Waals surface area contributed by atoms with Crippen LogP contribution in [0.5, 0.6) is 0 Å². The highest BCUT2D eigenvalue weighted by atomic mass is 32.2. The van der Waals surface area contributed by atoms with Gasteiger partial charge in [-0.25, -0.2) is 8.42 Å². The summed E-state index contributed by atoms with van der Waals surface area (Å²) in [5.74, 6) is 0.0937. The maximum atomic E-state index is 10.4. The molecule has 0 aromatic heterocycles. The van der Waals surface area contributed by atoms with E-state index in [9.17, 15) is 8.42 Å². The Balaban J connectivity index is 3.95. The van der Waals surface area contributed by atoms with Crippen LogP contribution in [0.4, 0.5) is 0 Å². The lowest BCUT2D eigenvalue weighted by atomic mass is 10.6. The lowest BCUT2D eigenvalue weighted by Crippen LogP contribution is -1.99. The van der Waals surface area contributed by atoms with Gasteiger partial charge in [-0.2, -0.15) is 0 Å². The van der Waals surface area contributed by atoms with Crippen molar-refractivity contribution in [1.29, 1.82) is 0 Å². The smallest absolute Gasteiger partial charge is 0.171 e. The van der Waals surface area contributed by atoms with Crippen LogP contribution in [0.1, 0.15) is 6.92 Å². The fourth-order valence-corrected chi connectivity index (χ4v) is 0.901. The lowest BCUT2D eigenvalue weighted by Gasteiger charge is -1.89. The van der Waals surface area contributed by atoms with Gasteiger partial charge in [0.1, 0.15) is 0 Å². The van der Waals surface area contributed by atoms with Crippen LogP contribution >= 0.6 is 0 Å². The maximum absolute atomic E-state index is 10.4. The van der Waals surface area contributed by atoms with E-state index in [0.29, 0.717) is 0 Å². The Hall–Kier alpha value is -0.310. The highest BCUT2D eigenvalue weighted by molar-refractivity contribution is 7.94. The quantitative estimate of drug-likeness (QED) is 0.570. The molecule has 0 aromatic carbocycles. The molecule has 0 heterocycles. The first kappa shape index (κ1) is 7.69. The zero-order valence-electron chi connectivity index (χ0n) is 4.79. The molecule has 0 aliphatic rings. The van der Waals surface area contributed by atoms with Crippen LogP contribution in [0.15, 0.2) is 12.0 Å². The van der Waals surface area contributed by atoms with Gasteiger partial charge in [-0.1, -0.05) is 13.5 Å². The molecule has 0 saturated heterocycles. The molecule has 1 radical (unpaired) electrons. The predicted octanol–water partition coefficient (Wildman–Crippen LogP) is 0.769. The molecule has 0 atom stereocenters. The Morgan fingerprint density at radius 1 is 1.62 bits per heavy atom. The Kier molecular flexibility index (Phi) is 2.76. The average molecular weight is 133 g/mol. The first-order chi connectivity index (χ1) is 3.62. The first-order valence-electron chi connectivity index (χ1n) is 2.25. The van der Waals surface area contributed by atoms with E-state index < -0.39 is 9.84 Å². The molecule has 0 spiro atoms. The van der Waals surface area contributed by atoms with Crippen molar-refractivity contribution in [1.82, 2.24) is 0 Å². The van der Waals surface area contributed by atoms with Crippen molar-refractivity contribution < 1.29 is 8.42 Å². The summed E-state index contributed by atoms with van der Waals surface area (Å²) < 4.78 is 20.9. The monoisotopic (exact) mass is 133 g/mol. The third-order valence-electron chi connectivity index (χ3n) is 0.653. The molecule has 0 unspecified atom stereocenters. The van der Waals surface area contributed by atoms with Gasteiger partial charge in [-0.15, -0.1) is 0 Å². The predicted molar refractivity (Wildman–Crippen MR) is 34.0 cm³/mol. The third kappa shape index (κ3) is 2.80. The van der Waals surface area contributed by atoms with Gasteiger partial charge in [0.2, 0.25) is 0 Å². The van der Waals surface area contributed by atoms with E-state index in [0.717, 1.165) is 5.41 Å². The van der Waals surface area contributed by atoms with Crippen molar-refractivity contribution in [3.63, 3.8) is 0 Å². The first-order valence-corrected chi connectivity index (χ1v) is 3.97. The minimum absolute atomic E-state index is 0.0937. The number of hydrogen-bond acceptors (Lipinski definition) is 2. The highest BCUT2D eigenvalue weighted by Crippen LogP contribution is 1.90. The van der Waals surface area contributed by atoms with Gasteiger partial charge in [-0.3, -0.25) is 0 Å². The van der Waals surface area contributed by atoms with E-state index in [4.69, 9.17) is 0 Å². The summed E-state index contributed by atoms with van der Waals surface area (Å²) >= 11 is 0. The molecule has 2 nitrogen and oxygen atoms in total. The second kappa shape index (κ2) is 2.87. The SMILES string of the molecule is C=CS(=O)(=O)C[CH]C. The van der Waals surface area contributed by atoms with Gasteiger partial charge in [-0.05, 0) is 6.42 Å². The Bertz CT molecular complexity index is 155. The molecule has 47 valence electrons. The summed E-state index contributed by atoms with van der Waals surface area (Å²) in [6.07, 6.45) is 1.58. The van der Waals surface area contributed by atoms with Gasteiger partial charge in [0, 0.05) is 5.41 Å². The van der Waals surface area contributed by atoms with Crippen molar-refractivity contribution in [2.24, 2.45) is 0 Å². The molecular weight excluding hydrogens is 124 g/mol. The van der Waals surface area contributed by atoms with Gasteiger partial charge in [0.15, 0.2) is 9.84 Å². The summed E-state index contributed by atoms with van der Waals surface area (Å²) in [7, 11) is -2.96. The molecule has 0 aliphatic carbocycles. The van der Waals surface area contributed by atoms with Crippen LogP contribution in [0.3, 0.4) is 0 Å². The van der Waals surface area contributed by atoms with Crippen molar-refractivity contribution in [3.05, 3.63) is 18.4 Å². The summed E-state index contributed by atoms with van der Waals surface area (Å²) in [5, 5.41) is 0.965. The summed E-state index contributed by atoms with van der Waals surface area (Å²) in [6.45, 7) is 4.84. The average Bonchev–Trinajstić information content (AvgIpc) is 1.67. The van der Waals surface area contributed by atoms with E-state index in [2.05, 4.69) is 6.58 Å². The van der Waals surface area contributed by atoms with Gasteiger partial charge in [0.05, 0.1) is 5.75 Å². The van der Waals surface area contributed by atoms with Crippen LogP contribution in [-0.4, -0.2) is 14.2 Å². The molecule has 0 saturated carbocycles. The standard InChI is InChI=1S/C5H9O2S/c1-3-5-8(6,7)4-2/h3-4H,2,5H2,1H3. The van der Waals surface area contributed by atoms with Crippen LogP contribution in [0, 0.1) is 6.42 Å². The molecule has 0 rings (SSSR count). The molecular formula is C5H9O2S. The molecule has 0 fully saturated rings. The fraction of sp³-hybridized carbons (Fsp3) is 0.400. The van der Waals surface area contributed by atoms with Crippen LogP contribution in [0.25, 0.3) is 0 Å². The van der Waals surface area contributed by atoms with E-state index in [-0.39, 0.29) is 5.75 Å². The topological polar surface area (TPSA) is 34.1 Å².